The Labute approximate surface area is 138 Å². The molecule has 116 valence electrons. The van der Waals surface area contributed by atoms with Crippen LogP contribution in [0.5, 0.6) is 0 Å². The molecule has 0 aliphatic heterocycles. The molecule has 0 amide bonds. The van der Waals surface area contributed by atoms with E-state index < -0.39 is 0 Å². The van der Waals surface area contributed by atoms with Gasteiger partial charge in [-0.05, 0) is 31.9 Å². The van der Waals surface area contributed by atoms with E-state index >= 15 is 0 Å². The number of nitrogens with zero attached hydrogens (tertiary/aromatic N) is 1. The molecule has 0 unspecified atom stereocenters. The Balaban J connectivity index is 0.00000361. The summed E-state index contributed by atoms with van der Waals surface area (Å²) in [6, 6.07) is 3.88. The molecule has 1 heterocycles. The number of hydrogen-bond donors (Lipinski definition) is 2. The van der Waals surface area contributed by atoms with Gasteiger partial charge in [-0.3, -0.25) is 4.99 Å². The van der Waals surface area contributed by atoms with Crippen LogP contribution in [0.15, 0.2) is 27.8 Å². The van der Waals surface area contributed by atoms with Gasteiger partial charge in [0.25, 0.3) is 0 Å². The highest BCUT2D eigenvalue weighted by molar-refractivity contribution is 14.0. The van der Waals surface area contributed by atoms with Crippen molar-refractivity contribution in [1.29, 1.82) is 0 Å². The first-order valence-electron chi connectivity index (χ1n) is 6.91. The first-order valence-corrected chi connectivity index (χ1v) is 6.91. The summed E-state index contributed by atoms with van der Waals surface area (Å²) < 4.78 is 10.6. The van der Waals surface area contributed by atoms with E-state index in [1.807, 2.05) is 19.1 Å². The number of nitrogens with one attached hydrogen (secondary N) is 2. The van der Waals surface area contributed by atoms with Gasteiger partial charge in [0.2, 0.25) is 0 Å². The monoisotopic (exact) mass is 395 g/mol. The van der Waals surface area contributed by atoms with Crippen molar-refractivity contribution in [2.24, 2.45) is 4.99 Å². The van der Waals surface area contributed by atoms with Crippen molar-refractivity contribution < 1.29 is 9.15 Å². The van der Waals surface area contributed by atoms with Crippen LogP contribution in [0.2, 0.25) is 0 Å². The van der Waals surface area contributed by atoms with Crippen molar-refractivity contribution >= 4 is 29.9 Å². The fraction of sp³-hybridized carbons (Fsp3) is 0.643. The Morgan fingerprint density at radius 3 is 2.75 bits per heavy atom. The Hall–Kier alpha value is -0.760. The lowest BCUT2D eigenvalue weighted by molar-refractivity contribution is 0.143. The molecule has 0 aromatic carbocycles. The Kier molecular flexibility index (Phi) is 12.7. The first-order chi connectivity index (χ1) is 9.36. The summed E-state index contributed by atoms with van der Waals surface area (Å²) >= 11 is 0. The van der Waals surface area contributed by atoms with Crippen LogP contribution < -0.4 is 10.6 Å². The lowest BCUT2D eigenvalue weighted by Crippen LogP contribution is -2.38. The molecule has 1 aromatic heterocycles. The molecule has 0 radical (unpaired) electrons. The van der Waals surface area contributed by atoms with Gasteiger partial charge >= 0.3 is 0 Å². The summed E-state index contributed by atoms with van der Waals surface area (Å²) in [5.41, 5.74) is 0. The summed E-state index contributed by atoms with van der Waals surface area (Å²) in [6.45, 7) is 5.37. The molecule has 0 aliphatic rings. The van der Waals surface area contributed by atoms with Gasteiger partial charge in [0, 0.05) is 39.8 Å². The molecule has 6 heteroatoms. The van der Waals surface area contributed by atoms with Gasteiger partial charge < -0.3 is 19.8 Å². The predicted molar refractivity (Wildman–Crippen MR) is 92.9 cm³/mol. The summed E-state index contributed by atoms with van der Waals surface area (Å²) in [5.74, 6) is 1.82. The van der Waals surface area contributed by atoms with Crippen molar-refractivity contribution in [2.75, 3.05) is 33.4 Å². The van der Waals surface area contributed by atoms with Crippen LogP contribution in [0.25, 0.3) is 0 Å². The lowest BCUT2D eigenvalue weighted by Gasteiger charge is -2.11. The Morgan fingerprint density at radius 2 is 2.10 bits per heavy atom. The summed E-state index contributed by atoms with van der Waals surface area (Å²) in [7, 11) is 1.78. The van der Waals surface area contributed by atoms with Crippen LogP contribution in [-0.4, -0.2) is 39.3 Å². The number of furan rings is 1. The minimum atomic E-state index is 0. The summed E-state index contributed by atoms with van der Waals surface area (Å²) in [4.78, 5) is 4.17. The molecule has 20 heavy (non-hydrogen) atoms. The standard InChI is InChI=1S/C14H25N3O2.HI/c1-3-18-11-5-4-9-16-14(15-2)17-10-8-13-7-6-12-19-13;/h6-7,12H,3-5,8-11H2,1-2H3,(H2,15,16,17);1H. The van der Waals surface area contributed by atoms with Crippen molar-refractivity contribution in [2.45, 2.75) is 26.2 Å². The molecule has 0 aliphatic carbocycles. The highest BCUT2D eigenvalue weighted by atomic mass is 127. The quantitative estimate of drug-likeness (QED) is 0.292. The zero-order valence-corrected chi connectivity index (χ0v) is 14.7. The topological polar surface area (TPSA) is 58.8 Å². The van der Waals surface area contributed by atoms with Gasteiger partial charge in [-0.1, -0.05) is 0 Å². The van der Waals surface area contributed by atoms with Crippen molar-refractivity contribution in [1.82, 2.24) is 10.6 Å². The van der Waals surface area contributed by atoms with Gasteiger partial charge in [-0.15, -0.1) is 24.0 Å². The second-order valence-electron chi connectivity index (χ2n) is 4.16. The van der Waals surface area contributed by atoms with Crippen LogP contribution in [-0.2, 0) is 11.2 Å². The van der Waals surface area contributed by atoms with E-state index in [0.717, 1.165) is 57.3 Å². The maximum atomic E-state index is 5.29. The molecule has 5 nitrogen and oxygen atoms in total. The summed E-state index contributed by atoms with van der Waals surface area (Å²) in [6.07, 6.45) is 4.71. The van der Waals surface area contributed by atoms with Crippen molar-refractivity contribution in [3.8, 4) is 0 Å². The van der Waals surface area contributed by atoms with Gasteiger partial charge in [0.15, 0.2) is 5.96 Å². The second-order valence-corrected chi connectivity index (χ2v) is 4.16. The number of aliphatic imine (C=N–C) groups is 1. The van der Waals surface area contributed by atoms with Crippen LogP contribution in [0, 0.1) is 0 Å². The fourth-order valence-corrected chi connectivity index (χ4v) is 1.66. The molecule has 0 saturated heterocycles. The third-order valence-electron chi connectivity index (χ3n) is 2.68. The maximum absolute atomic E-state index is 5.29. The van der Waals surface area contributed by atoms with E-state index in [-0.39, 0.29) is 24.0 Å². The predicted octanol–water partition coefficient (Wildman–Crippen LogP) is 2.42. The SMILES string of the molecule is CCOCCCCNC(=NC)NCCc1ccco1.I. The van der Waals surface area contributed by atoms with Gasteiger partial charge in [-0.2, -0.15) is 0 Å². The molecule has 0 fully saturated rings. The fourth-order valence-electron chi connectivity index (χ4n) is 1.66. The van der Waals surface area contributed by atoms with Gasteiger partial charge in [0.1, 0.15) is 5.76 Å². The number of guanidine groups is 1. The van der Waals surface area contributed by atoms with Crippen LogP contribution in [0.4, 0.5) is 0 Å². The highest BCUT2D eigenvalue weighted by Crippen LogP contribution is 1.99. The molecule has 2 N–H and O–H groups in total. The lowest BCUT2D eigenvalue weighted by atomic mass is 10.3. The number of unbranched alkanes of at least 4 members (excludes halogenated alkanes) is 1. The van der Waals surface area contributed by atoms with E-state index in [4.69, 9.17) is 9.15 Å². The molecule has 0 atom stereocenters. The van der Waals surface area contributed by atoms with E-state index in [0.29, 0.717) is 0 Å². The Bertz CT molecular complexity index is 342. The number of ether oxygens (including phenoxy) is 1. The molecule has 1 rings (SSSR count). The van der Waals surface area contributed by atoms with E-state index in [2.05, 4.69) is 15.6 Å². The number of hydrogen-bond acceptors (Lipinski definition) is 3. The average molecular weight is 395 g/mol. The number of rotatable bonds is 9. The van der Waals surface area contributed by atoms with E-state index in [9.17, 15) is 0 Å². The minimum Gasteiger partial charge on any atom is -0.469 e. The van der Waals surface area contributed by atoms with Crippen LogP contribution in [0.3, 0.4) is 0 Å². The second kappa shape index (κ2) is 13.2. The van der Waals surface area contributed by atoms with Gasteiger partial charge in [0.05, 0.1) is 6.26 Å². The third kappa shape index (κ3) is 9.19. The van der Waals surface area contributed by atoms with Crippen LogP contribution >= 0.6 is 24.0 Å². The van der Waals surface area contributed by atoms with Gasteiger partial charge in [-0.25, -0.2) is 0 Å². The zero-order chi connectivity index (χ0) is 13.8. The van der Waals surface area contributed by atoms with E-state index in [1.165, 1.54) is 0 Å². The smallest absolute Gasteiger partial charge is 0.190 e. The molecule has 1 aromatic rings. The van der Waals surface area contributed by atoms with Crippen LogP contribution in [0.1, 0.15) is 25.5 Å². The number of halogens is 1. The molecule has 0 saturated carbocycles. The largest absolute Gasteiger partial charge is 0.469 e. The average Bonchev–Trinajstić information content (AvgIpc) is 2.93. The van der Waals surface area contributed by atoms with Crippen molar-refractivity contribution in [3.63, 3.8) is 0 Å². The molecular weight excluding hydrogens is 369 g/mol. The highest BCUT2D eigenvalue weighted by Gasteiger charge is 1.98. The normalized spacial score (nSPS) is 11.0. The van der Waals surface area contributed by atoms with Crippen molar-refractivity contribution in [3.05, 3.63) is 24.2 Å². The maximum Gasteiger partial charge on any atom is 0.190 e. The third-order valence-corrected chi connectivity index (χ3v) is 2.68. The molecule has 0 bridgehead atoms. The zero-order valence-electron chi connectivity index (χ0n) is 12.4. The summed E-state index contributed by atoms with van der Waals surface area (Å²) in [5, 5.41) is 6.54. The van der Waals surface area contributed by atoms with E-state index in [1.54, 1.807) is 13.3 Å². The minimum absolute atomic E-state index is 0. The Morgan fingerprint density at radius 1 is 1.30 bits per heavy atom. The molecular formula is C14H26IN3O2. The first kappa shape index (κ1) is 19.2. The molecule has 0 spiro atoms.